The SMILES string of the molecule is CCCCCCCCCCCCCCCCCCCC(=O)OC[C@H](COC(=O)CCCCCCCCCCCCCCCCC(C)C)OC(=O)CCCCCCCCC(C)CC. The molecule has 0 saturated carbocycles. The second-order valence-electron chi connectivity index (χ2n) is 19.9. The van der Waals surface area contributed by atoms with Gasteiger partial charge < -0.3 is 14.2 Å². The van der Waals surface area contributed by atoms with Gasteiger partial charge in [0.05, 0.1) is 0 Å². The van der Waals surface area contributed by atoms with Crippen LogP contribution in [-0.2, 0) is 28.6 Å². The van der Waals surface area contributed by atoms with Gasteiger partial charge in [-0.05, 0) is 31.1 Å². The van der Waals surface area contributed by atoms with E-state index >= 15 is 0 Å². The van der Waals surface area contributed by atoms with E-state index in [9.17, 15) is 14.4 Å². The summed E-state index contributed by atoms with van der Waals surface area (Å²) in [6.45, 7) is 11.4. The summed E-state index contributed by atoms with van der Waals surface area (Å²) in [7, 11) is 0. The van der Waals surface area contributed by atoms with Crippen LogP contribution in [0.1, 0.15) is 311 Å². The molecule has 368 valence electrons. The standard InChI is InChI=1S/C56H108O6/c1-6-8-9-10-11-12-13-14-15-16-17-21-24-27-30-36-41-46-54(57)60-49-53(62-56(59)48-43-38-33-32-35-40-45-52(5)7-2)50-61-55(58)47-42-37-31-28-25-22-19-18-20-23-26-29-34-39-44-51(3)4/h51-53H,6-50H2,1-5H3/t52?,53-/m1/s1. The molecule has 0 aromatic heterocycles. The fraction of sp³-hybridized carbons (Fsp3) is 0.946. The molecule has 0 rings (SSSR count). The molecule has 6 nitrogen and oxygen atoms in total. The lowest BCUT2D eigenvalue weighted by Gasteiger charge is -2.18. The highest BCUT2D eigenvalue weighted by Gasteiger charge is 2.19. The molecule has 2 atom stereocenters. The summed E-state index contributed by atoms with van der Waals surface area (Å²) in [5.74, 6) is 0.808. The van der Waals surface area contributed by atoms with Crippen LogP contribution in [0.5, 0.6) is 0 Å². The van der Waals surface area contributed by atoms with E-state index in [-0.39, 0.29) is 31.1 Å². The minimum atomic E-state index is -0.763. The lowest BCUT2D eigenvalue weighted by atomic mass is 10.00. The first-order chi connectivity index (χ1) is 30.3. The molecule has 0 amide bonds. The van der Waals surface area contributed by atoms with Gasteiger partial charge in [-0.25, -0.2) is 0 Å². The molecule has 0 fully saturated rings. The van der Waals surface area contributed by atoms with E-state index in [0.717, 1.165) is 69.6 Å². The molecule has 0 spiro atoms. The van der Waals surface area contributed by atoms with Crippen molar-refractivity contribution >= 4 is 17.9 Å². The number of hydrogen-bond acceptors (Lipinski definition) is 6. The predicted octanol–water partition coefficient (Wildman–Crippen LogP) is 18.1. The monoisotopic (exact) mass is 877 g/mol. The van der Waals surface area contributed by atoms with Gasteiger partial charge >= 0.3 is 17.9 Å². The van der Waals surface area contributed by atoms with Gasteiger partial charge in [-0.2, -0.15) is 0 Å². The molecule has 0 bridgehead atoms. The van der Waals surface area contributed by atoms with Gasteiger partial charge in [0.25, 0.3) is 0 Å². The van der Waals surface area contributed by atoms with Gasteiger partial charge in [0, 0.05) is 19.3 Å². The Kier molecular flexibility index (Phi) is 47.6. The molecule has 0 heterocycles. The summed E-state index contributed by atoms with van der Waals surface area (Å²) in [5.41, 5.74) is 0. The lowest BCUT2D eigenvalue weighted by Crippen LogP contribution is -2.30. The molecule has 0 aromatic rings. The molecule has 62 heavy (non-hydrogen) atoms. The summed E-state index contributed by atoms with van der Waals surface area (Å²) in [5, 5.41) is 0. The average Bonchev–Trinajstić information content (AvgIpc) is 3.26. The van der Waals surface area contributed by atoms with Crippen LogP contribution >= 0.6 is 0 Å². The zero-order valence-corrected chi connectivity index (χ0v) is 42.5. The summed E-state index contributed by atoms with van der Waals surface area (Å²) < 4.78 is 16.8. The van der Waals surface area contributed by atoms with Crippen molar-refractivity contribution in [3.63, 3.8) is 0 Å². The zero-order valence-electron chi connectivity index (χ0n) is 42.5. The van der Waals surface area contributed by atoms with Crippen molar-refractivity contribution in [2.45, 2.75) is 317 Å². The molecule has 0 aliphatic carbocycles. The minimum absolute atomic E-state index is 0.0641. The smallest absolute Gasteiger partial charge is 0.306 e. The van der Waals surface area contributed by atoms with Gasteiger partial charge in [0.2, 0.25) is 0 Å². The maximum absolute atomic E-state index is 12.8. The quantitative estimate of drug-likeness (QED) is 0.0344. The van der Waals surface area contributed by atoms with Crippen molar-refractivity contribution in [3.05, 3.63) is 0 Å². The summed E-state index contributed by atoms with van der Waals surface area (Å²) in [4.78, 5) is 38.0. The third kappa shape index (κ3) is 47.9. The summed E-state index contributed by atoms with van der Waals surface area (Å²) in [6.07, 6.45) is 51.0. The topological polar surface area (TPSA) is 78.9 Å². The Balaban J connectivity index is 4.24. The first-order valence-electron chi connectivity index (χ1n) is 27.8. The normalized spacial score (nSPS) is 12.5. The fourth-order valence-electron chi connectivity index (χ4n) is 8.49. The minimum Gasteiger partial charge on any atom is -0.462 e. The van der Waals surface area contributed by atoms with Crippen molar-refractivity contribution < 1.29 is 28.6 Å². The highest BCUT2D eigenvalue weighted by Crippen LogP contribution is 2.18. The number of carbonyl (C=O) groups excluding carboxylic acids is 3. The number of rotatable bonds is 50. The zero-order chi connectivity index (χ0) is 45.4. The Morgan fingerprint density at radius 1 is 0.339 bits per heavy atom. The average molecular weight is 877 g/mol. The summed E-state index contributed by atoms with van der Waals surface area (Å²) in [6, 6.07) is 0. The van der Waals surface area contributed by atoms with Crippen LogP contribution in [0.3, 0.4) is 0 Å². The fourth-order valence-corrected chi connectivity index (χ4v) is 8.49. The molecule has 0 aliphatic rings. The third-order valence-corrected chi connectivity index (χ3v) is 13.1. The molecule has 0 aromatic carbocycles. The lowest BCUT2D eigenvalue weighted by molar-refractivity contribution is -0.167. The molecule has 0 radical (unpaired) electrons. The number of unbranched alkanes of at least 4 members (excludes halogenated alkanes) is 34. The number of esters is 3. The van der Waals surface area contributed by atoms with Gasteiger partial charge in [-0.3, -0.25) is 14.4 Å². The highest BCUT2D eigenvalue weighted by molar-refractivity contribution is 5.71. The van der Waals surface area contributed by atoms with Gasteiger partial charge in [-0.1, -0.05) is 272 Å². The van der Waals surface area contributed by atoms with E-state index in [0.29, 0.717) is 19.3 Å². The van der Waals surface area contributed by atoms with Crippen LogP contribution in [0.4, 0.5) is 0 Å². The van der Waals surface area contributed by atoms with E-state index in [1.165, 1.54) is 199 Å². The Morgan fingerprint density at radius 2 is 0.613 bits per heavy atom. The Bertz CT molecular complexity index is 949. The Hall–Kier alpha value is -1.59. The molecule has 0 N–H and O–H groups in total. The molecular formula is C56H108O6. The van der Waals surface area contributed by atoms with E-state index in [4.69, 9.17) is 14.2 Å². The van der Waals surface area contributed by atoms with Gasteiger partial charge in [0.1, 0.15) is 13.2 Å². The van der Waals surface area contributed by atoms with Crippen molar-refractivity contribution in [2.24, 2.45) is 11.8 Å². The largest absolute Gasteiger partial charge is 0.462 e. The summed E-state index contributed by atoms with van der Waals surface area (Å²) >= 11 is 0. The van der Waals surface area contributed by atoms with E-state index < -0.39 is 6.10 Å². The molecule has 0 saturated heterocycles. The van der Waals surface area contributed by atoms with Crippen molar-refractivity contribution in [1.29, 1.82) is 0 Å². The van der Waals surface area contributed by atoms with E-state index in [2.05, 4.69) is 34.6 Å². The van der Waals surface area contributed by atoms with Gasteiger partial charge in [0.15, 0.2) is 6.10 Å². The molecule has 6 heteroatoms. The van der Waals surface area contributed by atoms with Crippen LogP contribution in [0, 0.1) is 11.8 Å². The second-order valence-corrected chi connectivity index (χ2v) is 19.9. The first kappa shape index (κ1) is 60.4. The van der Waals surface area contributed by atoms with Crippen LogP contribution in [0.15, 0.2) is 0 Å². The van der Waals surface area contributed by atoms with Crippen molar-refractivity contribution in [3.8, 4) is 0 Å². The Labute approximate surface area is 387 Å². The van der Waals surface area contributed by atoms with Crippen LogP contribution in [0.2, 0.25) is 0 Å². The van der Waals surface area contributed by atoms with Crippen LogP contribution in [-0.4, -0.2) is 37.2 Å². The highest BCUT2D eigenvalue weighted by atomic mass is 16.6. The molecular weight excluding hydrogens is 769 g/mol. The van der Waals surface area contributed by atoms with Gasteiger partial charge in [-0.15, -0.1) is 0 Å². The van der Waals surface area contributed by atoms with E-state index in [1.54, 1.807) is 0 Å². The number of ether oxygens (including phenoxy) is 3. The van der Waals surface area contributed by atoms with Crippen LogP contribution < -0.4 is 0 Å². The maximum atomic E-state index is 12.8. The Morgan fingerprint density at radius 3 is 0.919 bits per heavy atom. The predicted molar refractivity (Wildman–Crippen MR) is 266 cm³/mol. The molecule has 1 unspecified atom stereocenters. The van der Waals surface area contributed by atoms with Crippen molar-refractivity contribution in [2.75, 3.05) is 13.2 Å². The third-order valence-electron chi connectivity index (χ3n) is 13.1. The van der Waals surface area contributed by atoms with E-state index in [1.807, 2.05) is 0 Å². The number of hydrogen-bond donors (Lipinski definition) is 0. The second kappa shape index (κ2) is 48.9. The maximum Gasteiger partial charge on any atom is 0.306 e. The van der Waals surface area contributed by atoms with Crippen LogP contribution in [0.25, 0.3) is 0 Å². The first-order valence-corrected chi connectivity index (χ1v) is 27.8. The molecule has 0 aliphatic heterocycles. The number of carbonyl (C=O) groups is 3. The van der Waals surface area contributed by atoms with Crippen molar-refractivity contribution in [1.82, 2.24) is 0 Å².